The molecule has 1 N–H and O–H groups in total. The third-order valence-corrected chi connectivity index (χ3v) is 2.38. The molecule has 96 valence electrons. The van der Waals surface area contributed by atoms with Crippen molar-refractivity contribution in [2.24, 2.45) is 0 Å². The van der Waals surface area contributed by atoms with E-state index in [1.165, 1.54) is 12.1 Å². The molecule has 0 radical (unpaired) electrons. The molecule has 0 fully saturated rings. The van der Waals surface area contributed by atoms with Crippen molar-refractivity contribution in [1.29, 1.82) is 0 Å². The summed E-state index contributed by atoms with van der Waals surface area (Å²) >= 11 is 0. The van der Waals surface area contributed by atoms with E-state index in [0.29, 0.717) is 23.7 Å². The molecule has 0 aliphatic rings. The van der Waals surface area contributed by atoms with Gasteiger partial charge in [0.1, 0.15) is 0 Å². The number of aromatic nitrogens is 2. The van der Waals surface area contributed by atoms with Crippen molar-refractivity contribution in [3.63, 3.8) is 0 Å². The molecule has 2 aromatic rings. The third-order valence-electron chi connectivity index (χ3n) is 2.38. The zero-order chi connectivity index (χ0) is 13.0. The van der Waals surface area contributed by atoms with Gasteiger partial charge in [0.2, 0.25) is 11.7 Å². The maximum atomic E-state index is 13.5. The van der Waals surface area contributed by atoms with Crippen molar-refractivity contribution in [2.75, 3.05) is 0 Å². The van der Waals surface area contributed by atoms with E-state index in [4.69, 9.17) is 14.4 Å². The van der Waals surface area contributed by atoms with Crippen LogP contribution >= 0.6 is 0 Å². The fourth-order valence-corrected chi connectivity index (χ4v) is 1.47. The average molecular weight is 252 g/mol. The van der Waals surface area contributed by atoms with Gasteiger partial charge in [-0.1, -0.05) is 24.2 Å². The molecule has 0 aliphatic heterocycles. The molecule has 1 aromatic carbocycles. The number of hydrogen-bond acceptors (Lipinski definition) is 5. The van der Waals surface area contributed by atoms with Gasteiger partial charge in [0.25, 0.3) is 0 Å². The van der Waals surface area contributed by atoms with E-state index in [-0.39, 0.29) is 19.0 Å². The zero-order valence-corrected chi connectivity index (χ0v) is 9.89. The molecular formula is C12H13FN2O3. The van der Waals surface area contributed by atoms with Crippen molar-refractivity contribution in [3.8, 4) is 5.75 Å². The molecule has 2 rings (SSSR count). The van der Waals surface area contributed by atoms with E-state index in [0.717, 1.165) is 0 Å². The Morgan fingerprint density at radius 1 is 1.44 bits per heavy atom. The van der Waals surface area contributed by atoms with E-state index < -0.39 is 5.82 Å². The summed E-state index contributed by atoms with van der Waals surface area (Å²) in [6.07, 6.45) is 0.634. The molecule has 6 heteroatoms. The summed E-state index contributed by atoms with van der Waals surface area (Å²) in [7, 11) is 0. The SMILES string of the molecule is CCc1nc(COc2c(F)cccc2CO)no1. The number of rotatable bonds is 5. The van der Waals surface area contributed by atoms with Gasteiger partial charge in [-0.05, 0) is 6.07 Å². The molecule has 5 nitrogen and oxygen atoms in total. The summed E-state index contributed by atoms with van der Waals surface area (Å²) in [5, 5.41) is 12.8. The number of hydrogen-bond donors (Lipinski definition) is 1. The van der Waals surface area contributed by atoms with Gasteiger partial charge in [0.15, 0.2) is 18.2 Å². The first-order chi connectivity index (χ1) is 8.74. The molecule has 0 bridgehead atoms. The largest absolute Gasteiger partial charge is 0.482 e. The minimum absolute atomic E-state index is 0.00255. The Bertz CT molecular complexity index is 528. The lowest BCUT2D eigenvalue weighted by molar-refractivity contribution is 0.244. The topological polar surface area (TPSA) is 68.4 Å². The van der Waals surface area contributed by atoms with Crippen LogP contribution in [0.5, 0.6) is 5.75 Å². The van der Waals surface area contributed by atoms with Gasteiger partial charge in [0.05, 0.1) is 6.61 Å². The molecule has 0 amide bonds. The van der Waals surface area contributed by atoms with E-state index in [2.05, 4.69) is 10.1 Å². The Morgan fingerprint density at radius 2 is 2.28 bits per heavy atom. The molecule has 0 unspecified atom stereocenters. The fraction of sp³-hybridized carbons (Fsp3) is 0.333. The van der Waals surface area contributed by atoms with Crippen LogP contribution in [0.4, 0.5) is 4.39 Å². The fourth-order valence-electron chi connectivity index (χ4n) is 1.47. The number of aryl methyl sites for hydroxylation is 1. The quantitative estimate of drug-likeness (QED) is 0.879. The number of aliphatic hydroxyl groups is 1. The number of aliphatic hydroxyl groups excluding tert-OH is 1. The van der Waals surface area contributed by atoms with E-state index >= 15 is 0 Å². The van der Waals surface area contributed by atoms with Gasteiger partial charge in [-0.3, -0.25) is 0 Å². The highest BCUT2D eigenvalue weighted by Gasteiger charge is 2.11. The van der Waals surface area contributed by atoms with Crippen LogP contribution in [0.3, 0.4) is 0 Å². The van der Waals surface area contributed by atoms with Crippen LogP contribution in [0.2, 0.25) is 0 Å². The summed E-state index contributed by atoms with van der Waals surface area (Å²) in [5.41, 5.74) is 0.384. The van der Waals surface area contributed by atoms with Gasteiger partial charge in [0, 0.05) is 12.0 Å². The van der Waals surface area contributed by atoms with Gasteiger partial charge in [-0.2, -0.15) is 4.98 Å². The first kappa shape index (κ1) is 12.5. The maximum absolute atomic E-state index is 13.5. The van der Waals surface area contributed by atoms with Crippen molar-refractivity contribution in [3.05, 3.63) is 41.3 Å². The lowest BCUT2D eigenvalue weighted by Crippen LogP contribution is -2.02. The van der Waals surface area contributed by atoms with Gasteiger partial charge in [-0.25, -0.2) is 4.39 Å². The van der Waals surface area contributed by atoms with E-state index in [1.807, 2.05) is 6.92 Å². The highest BCUT2D eigenvalue weighted by molar-refractivity contribution is 5.34. The van der Waals surface area contributed by atoms with Gasteiger partial charge in [-0.15, -0.1) is 0 Å². The van der Waals surface area contributed by atoms with Crippen molar-refractivity contribution < 1.29 is 18.8 Å². The zero-order valence-electron chi connectivity index (χ0n) is 9.89. The summed E-state index contributed by atoms with van der Waals surface area (Å²) in [5.74, 6) is 0.340. The lowest BCUT2D eigenvalue weighted by Gasteiger charge is -2.08. The second-order valence-electron chi connectivity index (χ2n) is 3.63. The molecule has 0 atom stereocenters. The monoisotopic (exact) mass is 252 g/mol. The maximum Gasteiger partial charge on any atom is 0.226 e. The minimum Gasteiger partial charge on any atom is -0.482 e. The van der Waals surface area contributed by atoms with Gasteiger partial charge < -0.3 is 14.4 Å². The second kappa shape index (κ2) is 5.59. The Labute approximate surface area is 103 Å². The average Bonchev–Trinajstić information content (AvgIpc) is 2.85. The molecule has 1 aromatic heterocycles. The van der Waals surface area contributed by atoms with Crippen molar-refractivity contribution in [2.45, 2.75) is 26.6 Å². The standard InChI is InChI=1S/C12H13FN2O3/c1-2-11-14-10(15-18-11)7-17-12-8(6-16)4-3-5-9(12)13/h3-5,16H,2,6-7H2,1H3. The van der Waals surface area contributed by atoms with Gasteiger partial charge >= 0.3 is 0 Å². The van der Waals surface area contributed by atoms with E-state index in [1.54, 1.807) is 6.07 Å². The Kier molecular flexibility index (Phi) is 3.88. The summed E-state index contributed by atoms with van der Waals surface area (Å²) < 4.78 is 23.7. The molecule has 1 heterocycles. The number of halogens is 1. The number of nitrogens with zero attached hydrogens (tertiary/aromatic N) is 2. The molecule has 0 saturated heterocycles. The Balaban J connectivity index is 2.10. The number of benzene rings is 1. The summed E-state index contributed by atoms with van der Waals surface area (Å²) in [4.78, 5) is 4.04. The predicted octanol–water partition coefficient (Wildman–Crippen LogP) is 1.84. The first-order valence-electron chi connectivity index (χ1n) is 5.57. The first-order valence-corrected chi connectivity index (χ1v) is 5.57. The number of ether oxygens (including phenoxy) is 1. The highest BCUT2D eigenvalue weighted by atomic mass is 19.1. The van der Waals surface area contributed by atoms with Crippen LogP contribution in [0, 0.1) is 5.82 Å². The minimum atomic E-state index is -0.527. The predicted molar refractivity (Wildman–Crippen MR) is 60.3 cm³/mol. The van der Waals surface area contributed by atoms with Crippen LogP contribution < -0.4 is 4.74 Å². The van der Waals surface area contributed by atoms with Crippen LogP contribution in [0.15, 0.2) is 22.7 Å². The van der Waals surface area contributed by atoms with Crippen LogP contribution in [-0.4, -0.2) is 15.2 Å². The van der Waals surface area contributed by atoms with Crippen LogP contribution in [0.1, 0.15) is 24.2 Å². The molecule has 0 spiro atoms. The summed E-state index contributed by atoms with van der Waals surface area (Å²) in [6.45, 7) is 1.59. The highest BCUT2D eigenvalue weighted by Crippen LogP contribution is 2.23. The molecule has 0 saturated carbocycles. The molecule has 0 aliphatic carbocycles. The third kappa shape index (κ3) is 2.65. The summed E-state index contributed by atoms with van der Waals surface area (Å²) in [6, 6.07) is 4.37. The second-order valence-corrected chi connectivity index (χ2v) is 3.63. The Hall–Kier alpha value is -1.95. The normalized spacial score (nSPS) is 10.6. The smallest absolute Gasteiger partial charge is 0.226 e. The molecular weight excluding hydrogens is 239 g/mol. The van der Waals surface area contributed by atoms with E-state index in [9.17, 15) is 4.39 Å². The van der Waals surface area contributed by atoms with Crippen LogP contribution in [-0.2, 0) is 19.6 Å². The van der Waals surface area contributed by atoms with Crippen LogP contribution in [0.25, 0.3) is 0 Å². The lowest BCUT2D eigenvalue weighted by atomic mass is 10.2. The van der Waals surface area contributed by atoms with Crippen molar-refractivity contribution >= 4 is 0 Å². The van der Waals surface area contributed by atoms with Crippen molar-refractivity contribution in [1.82, 2.24) is 10.1 Å². The Morgan fingerprint density at radius 3 is 2.94 bits per heavy atom. The molecule has 18 heavy (non-hydrogen) atoms. The number of para-hydroxylation sites is 1.